The van der Waals surface area contributed by atoms with Crippen molar-refractivity contribution < 1.29 is 9.53 Å². The number of hydrogen-bond acceptors (Lipinski definition) is 3. The van der Waals surface area contributed by atoms with Crippen molar-refractivity contribution in [2.24, 2.45) is 5.92 Å². The lowest BCUT2D eigenvalue weighted by Crippen LogP contribution is -2.16. The lowest BCUT2D eigenvalue weighted by Gasteiger charge is -2.08. The van der Waals surface area contributed by atoms with Gasteiger partial charge in [-0.1, -0.05) is 26.0 Å². The number of benzene rings is 1. The summed E-state index contributed by atoms with van der Waals surface area (Å²) in [6.45, 7) is 4.35. The molecule has 0 atom stereocenters. The molecule has 0 aliphatic carbocycles. The van der Waals surface area contributed by atoms with Gasteiger partial charge in [-0.15, -0.1) is 0 Å². The van der Waals surface area contributed by atoms with Gasteiger partial charge < -0.3 is 4.74 Å². The van der Waals surface area contributed by atoms with Crippen LogP contribution >= 0.6 is 0 Å². The molecule has 1 N–H and O–H groups in total. The number of anilines is 1. The highest BCUT2D eigenvalue weighted by molar-refractivity contribution is 5.84. The van der Waals surface area contributed by atoms with Gasteiger partial charge in [0.05, 0.1) is 19.1 Å². The van der Waals surface area contributed by atoms with E-state index in [1.807, 2.05) is 13.8 Å². The van der Waals surface area contributed by atoms with Crippen molar-refractivity contribution in [2.75, 3.05) is 11.9 Å². The molecular formula is C13H16N2O2. The average Bonchev–Trinajstić information content (AvgIpc) is 2.29. The number of carbonyl (C=O) groups excluding carboxylic acids is 1. The number of nitriles is 1. The highest BCUT2D eigenvalue weighted by Crippen LogP contribution is 2.10. The molecule has 0 radical (unpaired) electrons. The van der Waals surface area contributed by atoms with E-state index in [1.165, 1.54) is 0 Å². The van der Waals surface area contributed by atoms with Crippen LogP contribution < -0.4 is 5.32 Å². The third-order valence-electron chi connectivity index (χ3n) is 2.03. The van der Waals surface area contributed by atoms with Gasteiger partial charge in [0.25, 0.3) is 0 Å². The number of rotatable bonds is 4. The van der Waals surface area contributed by atoms with Crippen LogP contribution in [-0.4, -0.2) is 12.7 Å². The molecule has 0 heterocycles. The number of carbonyl (C=O) groups is 1. The van der Waals surface area contributed by atoms with Gasteiger partial charge in [-0.05, 0) is 23.6 Å². The van der Waals surface area contributed by atoms with Crippen molar-refractivity contribution in [2.45, 2.75) is 20.3 Å². The van der Waals surface area contributed by atoms with Gasteiger partial charge in [-0.25, -0.2) is 4.79 Å². The number of ether oxygens (including phenoxy) is 1. The molecule has 4 heteroatoms. The summed E-state index contributed by atoms with van der Waals surface area (Å²) >= 11 is 0. The molecule has 0 spiro atoms. The Labute approximate surface area is 101 Å². The molecule has 0 bridgehead atoms. The normalized spacial score (nSPS) is 9.76. The van der Waals surface area contributed by atoms with Crippen LogP contribution in [0.25, 0.3) is 0 Å². The van der Waals surface area contributed by atoms with E-state index in [1.54, 1.807) is 24.3 Å². The lowest BCUT2D eigenvalue weighted by molar-refractivity contribution is 0.147. The Bertz CT molecular complexity index is 404. The molecular weight excluding hydrogens is 216 g/mol. The first kappa shape index (κ1) is 13.0. The first-order chi connectivity index (χ1) is 8.11. The second-order valence-electron chi connectivity index (χ2n) is 4.15. The molecule has 1 rings (SSSR count). The topological polar surface area (TPSA) is 62.1 Å². The molecule has 4 nitrogen and oxygen atoms in total. The predicted octanol–water partition coefficient (Wildman–Crippen LogP) is 2.96. The Morgan fingerprint density at radius 3 is 2.59 bits per heavy atom. The van der Waals surface area contributed by atoms with Crippen molar-refractivity contribution in [1.82, 2.24) is 0 Å². The van der Waals surface area contributed by atoms with E-state index < -0.39 is 6.09 Å². The minimum absolute atomic E-state index is 0.318. The summed E-state index contributed by atoms with van der Waals surface area (Å²) in [5.41, 5.74) is 1.59. The number of nitrogens with zero attached hydrogens (tertiary/aromatic N) is 1. The fourth-order valence-electron chi connectivity index (χ4n) is 1.19. The predicted molar refractivity (Wildman–Crippen MR) is 65.6 cm³/mol. The maximum absolute atomic E-state index is 11.3. The van der Waals surface area contributed by atoms with Crippen LogP contribution in [0.3, 0.4) is 0 Å². The van der Waals surface area contributed by atoms with Gasteiger partial charge >= 0.3 is 6.09 Å². The average molecular weight is 232 g/mol. The Morgan fingerprint density at radius 2 is 2.06 bits per heavy atom. The van der Waals surface area contributed by atoms with Gasteiger partial charge in [0.2, 0.25) is 0 Å². The Balaban J connectivity index is 2.46. The number of hydrogen-bond donors (Lipinski definition) is 1. The van der Waals surface area contributed by atoms with E-state index in [-0.39, 0.29) is 0 Å². The summed E-state index contributed by atoms with van der Waals surface area (Å²) in [6, 6.07) is 9.19. The van der Waals surface area contributed by atoms with Crippen molar-refractivity contribution in [1.29, 1.82) is 5.26 Å². The number of nitrogens with one attached hydrogen (secondary N) is 1. The highest BCUT2D eigenvalue weighted by Gasteiger charge is 2.04. The van der Waals surface area contributed by atoms with Crippen LogP contribution in [-0.2, 0) is 11.2 Å². The summed E-state index contributed by atoms with van der Waals surface area (Å²) in [6.07, 6.45) is -0.0790. The van der Waals surface area contributed by atoms with Crippen LogP contribution in [0.5, 0.6) is 0 Å². The third-order valence-corrected chi connectivity index (χ3v) is 2.03. The second-order valence-corrected chi connectivity index (χ2v) is 4.15. The van der Waals surface area contributed by atoms with E-state index in [2.05, 4.69) is 11.4 Å². The smallest absolute Gasteiger partial charge is 0.411 e. The minimum Gasteiger partial charge on any atom is -0.449 e. The Hall–Kier alpha value is -2.02. The summed E-state index contributed by atoms with van der Waals surface area (Å²) < 4.78 is 4.98. The SMILES string of the molecule is CC(C)COC(=O)Nc1ccc(CC#N)cc1. The molecule has 0 aliphatic heterocycles. The van der Waals surface area contributed by atoms with Gasteiger partial charge in [0.15, 0.2) is 0 Å². The maximum Gasteiger partial charge on any atom is 0.411 e. The lowest BCUT2D eigenvalue weighted by atomic mass is 10.1. The molecule has 0 unspecified atom stereocenters. The molecule has 0 aliphatic rings. The van der Waals surface area contributed by atoms with Gasteiger partial charge in [0.1, 0.15) is 0 Å². The van der Waals surface area contributed by atoms with E-state index >= 15 is 0 Å². The number of amides is 1. The first-order valence-corrected chi connectivity index (χ1v) is 5.51. The Kier molecular flexibility index (Phi) is 5.02. The molecule has 17 heavy (non-hydrogen) atoms. The second kappa shape index (κ2) is 6.54. The monoisotopic (exact) mass is 232 g/mol. The zero-order valence-electron chi connectivity index (χ0n) is 10.1. The van der Waals surface area contributed by atoms with Crippen LogP contribution in [0.1, 0.15) is 19.4 Å². The molecule has 90 valence electrons. The van der Waals surface area contributed by atoms with Crippen molar-refractivity contribution >= 4 is 11.8 Å². The first-order valence-electron chi connectivity index (χ1n) is 5.51. The molecule has 1 aromatic rings. The van der Waals surface area contributed by atoms with Gasteiger partial charge in [0, 0.05) is 5.69 Å². The minimum atomic E-state index is -0.452. The highest BCUT2D eigenvalue weighted by atomic mass is 16.5. The van der Waals surface area contributed by atoms with Crippen LogP contribution in [0.2, 0.25) is 0 Å². The fraction of sp³-hybridized carbons (Fsp3) is 0.385. The quantitative estimate of drug-likeness (QED) is 0.868. The zero-order chi connectivity index (χ0) is 12.7. The standard InChI is InChI=1S/C13H16N2O2/c1-10(2)9-17-13(16)15-12-5-3-11(4-6-12)7-8-14/h3-6,10H,7,9H2,1-2H3,(H,15,16). The molecule has 0 fully saturated rings. The third kappa shape index (κ3) is 5.03. The van der Waals surface area contributed by atoms with Gasteiger partial charge in [-0.2, -0.15) is 5.26 Å². The molecule has 0 aromatic heterocycles. The largest absolute Gasteiger partial charge is 0.449 e. The summed E-state index contributed by atoms with van der Waals surface area (Å²) in [7, 11) is 0. The summed E-state index contributed by atoms with van der Waals surface area (Å²) in [5.74, 6) is 0.318. The molecule has 1 aromatic carbocycles. The maximum atomic E-state index is 11.3. The Morgan fingerprint density at radius 1 is 1.41 bits per heavy atom. The van der Waals surface area contributed by atoms with Crippen molar-refractivity contribution in [3.8, 4) is 6.07 Å². The molecule has 0 saturated heterocycles. The molecule has 1 amide bonds. The van der Waals surface area contributed by atoms with E-state index in [0.717, 1.165) is 5.56 Å². The van der Waals surface area contributed by atoms with E-state index in [9.17, 15) is 4.79 Å². The fourth-order valence-corrected chi connectivity index (χ4v) is 1.19. The van der Waals surface area contributed by atoms with E-state index in [0.29, 0.717) is 24.6 Å². The van der Waals surface area contributed by atoms with Crippen LogP contribution in [0.15, 0.2) is 24.3 Å². The molecule has 0 saturated carbocycles. The van der Waals surface area contributed by atoms with Crippen molar-refractivity contribution in [3.63, 3.8) is 0 Å². The van der Waals surface area contributed by atoms with Crippen LogP contribution in [0.4, 0.5) is 10.5 Å². The summed E-state index contributed by atoms with van der Waals surface area (Å²) in [4.78, 5) is 11.3. The van der Waals surface area contributed by atoms with Gasteiger partial charge in [-0.3, -0.25) is 5.32 Å². The summed E-state index contributed by atoms with van der Waals surface area (Å²) in [5, 5.41) is 11.1. The zero-order valence-corrected chi connectivity index (χ0v) is 10.1. The van der Waals surface area contributed by atoms with Crippen molar-refractivity contribution in [3.05, 3.63) is 29.8 Å². The van der Waals surface area contributed by atoms with Crippen LogP contribution in [0, 0.1) is 17.2 Å². The van der Waals surface area contributed by atoms with E-state index in [4.69, 9.17) is 10.00 Å².